The van der Waals surface area contributed by atoms with E-state index in [-0.39, 0.29) is 12.5 Å². The summed E-state index contributed by atoms with van der Waals surface area (Å²) in [6.45, 7) is 6.38. The molecule has 0 spiro atoms. The van der Waals surface area contributed by atoms with E-state index in [1.54, 1.807) is 4.68 Å². The van der Waals surface area contributed by atoms with E-state index in [0.717, 1.165) is 11.5 Å². The van der Waals surface area contributed by atoms with E-state index < -0.39 is 0 Å². The summed E-state index contributed by atoms with van der Waals surface area (Å²) in [5.74, 6) is 0.942. The van der Waals surface area contributed by atoms with Crippen LogP contribution in [-0.2, 0) is 13.1 Å². The van der Waals surface area contributed by atoms with Crippen molar-refractivity contribution < 1.29 is 9.21 Å². The summed E-state index contributed by atoms with van der Waals surface area (Å²) < 4.78 is 6.94. The number of nitrogens with zero attached hydrogens (tertiary/aromatic N) is 3. The van der Waals surface area contributed by atoms with Gasteiger partial charge < -0.3 is 15.5 Å². The Kier molecular flexibility index (Phi) is 3.55. The molecule has 0 unspecified atom stereocenters. The molecule has 0 radical (unpaired) electrons. The van der Waals surface area contributed by atoms with Crippen LogP contribution in [0.2, 0.25) is 0 Å². The minimum absolute atomic E-state index is 0.224. The predicted octanol–water partition coefficient (Wildman–Crippen LogP) is 1.02. The number of aromatic nitrogens is 3. The van der Waals surface area contributed by atoms with Gasteiger partial charge in [0, 0.05) is 6.54 Å². The number of nitrogens with two attached hydrogens (primary N) is 1. The second-order valence-corrected chi connectivity index (χ2v) is 4.20. The summed E-state index contributed by atoms with van der Waals surface area (Å²) in [6.07, 6.45) is 1.47. The summed E-state index contributed by atoms with van der Waals surface area (Å²) in [5, 5.41) is 6.74. The second-order valence-electron chi connectivity index (χ2n) is 4.20. The van der Waals surface area contributed by atoms with Gasteiger partial charge in [0.25, 0.3) is 5.91 Å². The molecular weight excluding hydrogens is 246 g/mol. The highest BCUT2D eigenvalue weighted by Gasteiger charge is 2.16. The molecule has 102 valence electrons. The van der Waals surface area contributed by atoms with Crippen molar-refractivity contribution in [2.75, 3.05) is 5.73 Å². The van der Waals surface area contributed by atoms with E-state index in [9.17, 15) is 4.79 Å². The fourth-order valence-corrected chi connectivity index (χ4v) is 1.74. The molecule has 2 heterocycles. The molecule has 2 rings (SSSR count). The molecule has 0 saturated heterocycles. The van der Waals surface area contributed by atoms with E-state index in [0.29, 0.717) is 23.8 Å². The van der Waals surface area contributed by atoms with Crippen LogP contribution in [0, 0.1) is 13.8 Å². The minimum Gasteiger partial charge on any atom is -0.444 e. The standard InChI is InChI=1S/C12H17N5O2/c1-4-17-11(9(13)5-15-17)12(18)14-6-10-16-7(2)8(3)19-10/h5H,4,6,13H2,1-3H3,(H,14,18). The van der Waals surface area contributed by atoms with Crippen LogP contribution in [0.15, 0.2) is 10.6 Å². The van der Waals surface area contributed by atoms with Crippen LogP contribution in [0.1, 0.15) is 34.8 Å². The normalized spacial score (nSPS) is 10.7. The third-order valence-electron chi connectivity index (χ3n) is 2.86. The van der Waals surface area contributed by atoms with Gasteiger partial charge in [0.1, 0.15) is 11.5 Å². The third-order valence-corrected chi connectivity index (χ3v) is 2.86. The van der Waals surface area contributed by atoms with Crippen LogP contribution in [-0.4, -0.2) is 20.7 Å². The van der Waals surface area contributed by atoms with Gasteiger partial charge in [-0.1, -0.05) is 0 Å². The molecule has 2 aromatic rings. The predicted molar refractivity (Wildman–Crippen MR) is 69.5 cm³/mol. The van der Waals surface area contributed by atoms with Crippen LogP contribution < -0.4 is 11.1 Å². The molecule has 19 heavy (non-hydrogen) atoms. The maximum Gasteiger partial charge on any atom is 0.272 e. The topological polar surface area (TPSA) is 99.0 Å². The molecule has 0 aliphatic rings. The van der Waals surface area contributed by atoms with Gasteiger partial charge in [0.05, 0.1) is 24.1 Å². The monoisotopic (exact) mass is 263 g/mol. The summed E-state index contributed by atoms with van der Waals surface area (Å²) in [7, 11) is 0. The fraction of sp³-hybridized carbons (Fsp3) is 0.417. The lowest BCUT2D eigenvalue weighted by Gasteiger charge is -2.05. The van der Waals surface area contributed by atoms with E-state index in [2.05, 4.69) is 15.4 Å². The maximum absolute atomic E-state index is 12.1. The van der Waals surface area contributed by atoms with Gasteiger partial charge in [-0.15, -0.1) is 0 Å². The number of anilines is 1. The third kappa shape index (κ3) is 2.59. The Labute approximate surface area is 110 Å². The van der Waals surface area contributed by atoms with Crippen molar-refractivity contribution in [1.29, 1.82) is 0 Å². The molecule has 0 atom stereocenters. The first kappa shape index (κ1) is 13.1. The molecule has 3 N–H and O–H groups in total. The van der Waals surface area contributed by atoms with Crippen molar-refractivity contribution in [3.8, 4) is 0 Å². The van der Waals surface area contributed by atoms with Crippen LogP contribution >= 0.6 is 0 Å². The molecule has 0 bridgehead atoms. The van der Waals surface area contributed by atoms with Gasteiger partial charge in [-0.25, -0.2) is 4.98 Å². The van der Waals surface area contributed by atoms with Crippen LogP contribution in [0.4, 0.5) is 5.69 Å². The van der Waals surface area contributed by atoms with Crippen LogP contribution in [0.3, 0.4) is 0 Å². The van der Waals surface area contributed by atoms with E-state index >= 15 is 0 Å². The lowest BCUT2D eigenvalue weighted by Crippen LogP contribution is -2.26. The first-order valence-electron chi connectivity index (χ1n) is 6.05. The number of oxazole rings is 1. The largest absolute Gasteiger partial charge is 0.444 e. The zero-order valence-corrected chi connectivity index (χ0v) is 11.2. The number of aryl methyl sites for hydroxylation is 3. The maximum atomic E-state index is 12.1. The van der Waals surface area contributed by atoms with Gasteiger partial charge in [-0.2, -0.15) is 5.10 Å². The van der Waals surface area contributed by atoms with Gasteiger partial charge in [-0.3, -0.25) is 9.48 Å². The highest BCUT2D eigenvalue weighted by Crippen LogP contribution is 2.11. The Morgan fingerprint density at radius 1 is 1.53 bits per heavy atom. The minimum atomic E-state index is -0.287. The molecule has 0 aliphatic carbocycles. The van der Waals surface area contributed by atoms with Crippen molar-refractivity contribution in [3.05, 3.63) is 29.2 Å². The summed E-state index contributed by atoms with van der Waals surface area (Å²) in [5.41, 5.74) is 7.28. The Balaban J connectivity index is 2.07. The van der Waals surface area contributed by atoms with Crippen molar-refractivity contribution in [2.45, 2.75) is 33.9 Å². The number of hydrogen-bond donors (Lipinski definition) is 2. The summed E-state index contributed by atoms with van der Waals surface area (Å²) >= 11 is 0. The van der Waals surface area contributed by atoms with Crippen LogP contribution in [0.5, 0.6) is 0 Å². The number of carbonyl (C=O) groups excluding carboxylic acids is 1. The lowest BCUT2D eigenvalue weighted by atomic mass is 10.3. The van der Waals surface area contributed by atoms with Crippen LogP contribution in [0.25, 0.3) is 0 Å². The molecule has 0 aliphatic heterocycles. The van der Waals surface area contributed by atoms with E-state index in [1.165, 1.54) is 6.20 Å². The summed E-state index contributed by atoms with van der Waals surface area (Å²) in [4.78, 5) is 16.2. The molecular formula is C12H17N5O2. The fourth-order valence-electron chi connectivity index (χ4n) is 1.74. The first-order chi connectivity index (χ1) is 9.02. The number of rotatable bonds is 4. The van der Waals surface area contributed by atoms with Crippen molar-refractivity contribution >= 4 is 11.6 Å². The molecule has 7 heteroatoms. The number of amides is 1. The van der Waals surface area contributed by atoms with Crippen molar-refractivity contribution in [2.24, 2.45) is 0 Å². The smallest absolute Gasteiger partial charge is 0.272 e. The molecule has 0 fully saturated rings. The number of hydrogen-bond acceptors (Lipinski definition) is 5. The van der Waals surface area contributed by atoms with Gasteiger partial charge >= 0.3 is 0 Å². The van der Waals surface area contributed by atoms with Gasteiger partial charge in [-0.05, 0) is 20.8 Å². The number of nitrogens with one attached hydrogen (secondary N) is 1. The number of nitrogen functional groups attached to an aromatic ring is 1. The SMILES string of the molecule is CCn1ncc(N)c1C(=O)NCc1nc(C)c(C)o1. The number of carbonyl (C=O) groups is 1. The highest BCUT2D eigenvalue weighted by molar-refractivity contribution is 5.97. The first-order valence-corrected chi connectivity index (χ1v) is 6.05. The van der Waals surface area contributed by atoms with E-state index in [1.807, 2.05) is 20.8 Å². The zero-order chi connectivity index (χ0) is 14.0. The molecule has 2 aromatic heterocycles. The zero-order valence-electron chi connectivity index (χ0n) is 11.2. The highest BCUT2D eigenvalue weighted by atomic mass is 16.4. The van der Waals surface area contributed by atoms with Crippen molar-refractivity contribution in [1.82, 2.24) is 20.1 Å². The average Bonchev–Trinajstić information content (AvgIpc) is 2.90. The van der Waals surface area contributed by atoms with Gasteiger partial charge in [0.2, 0.25) is 5.89 Å². The molecule has 7 nitrogen and oxygen atoms in total. The average molecular weight is 263 g/mol. The second kappa shape index (κ2) is 5.13. The molecule has 1 amide bonds. The molecule has 0 saturated carbocycles. The Bertz CT molecular complexity index is 580. The van der Waals surface area contributed by atoms with Crippen molar-refractivity contribution in [3.63, 3.8) is 0 Å². The van der Waals surface area contributed by atoms with E-state index in [4.69, 9.17) is 10.2 Å². The Morgan fingerprint density at radius 2 is 2.26 bits per heavy atom. The quantitative estimate of drug-likeness (QED) is 0.858. The Hall–Kier alpha value is -2.31. The lowest BCUT2D eigenvalue weighted by molar-refractivity contribution is 0.0937. The summed E-state index contributed by atoms with van der Waals surface area (Å²) in [6, 6.07) is 0. The van der Waals surface area contributed by atoms with Gasteiger partial charge in [0.15, 0.2) is 0 Å². The Morgan fingerprint density at radius 3 is 2.84 bits per heavy atom. The molecule has 0 aromatic carbocycles.